The first kappa shape index (κ1) is 14.7. The van der Waals surface area contributed by atoms with Crippen LogP contribution in [-0.4, -0.2) is 21.9 Å². The van der Waals surface area contributed by atoms with Crippen molar-refractivity contribution in [2.24, 2.45) is 11.7 Å². The first-order valence-corrected chi connectivity index (χ1v) is 5.27. The summed E-state index contributed by atoms with van der Waals surface area (Å²) < 4.78 is 0. The summed E-state index contributed by atoms with van der Waals surface area (Å²) >= 11 is 0. The van der Waals surface area contributed by atoms with Crippen molar-refractivity contribution in [2.75, 3.05) is 0 Å². The van der Waals surface area contributed by atoms with Crippen molar-refractivity contribution < 1.29 is 15.0 Å². The van der Waals surface area contributed by atoms with Crippen molar-refractivity contribution in [3.63, 3.8) is 0 Å². The van der Waals surface area contributed by atoms with Crippen molar-refractivity contribution in [1.29, 1.82) is 0 Å². The van der Waals surface area contributed by atoms with Gasteiger partial charge < -0.3 is 10.2 Å². The van der Waals surface area contributed by atoms with Gasteiger partial charge in [0.2, 0.25) is 5.72 Å². The second kappa shape index (κ2) is 6.30. The number of aliphatic carboxylic acids is 1. The summed E-state index contributed by atoms with van der Waals surface area (Å²) in [6.07, 6.45) is 6.90. The molecule has 0 aromatic carbocycles. The monoisotopic (exact) mass is 237 g/mol. The van der Waals surface area contributed by atoms with E-state index < -0.39 is 11.7 Å². The Kier molecular flexibility index (Phi) is 6.17. The lowest BCUT2D eigenvalue weighted by Crippen LogP contribution is -2.48. The van der Waals surface area contributed by atoms with Gasteiger partial charge in [0.15, 0.2) is 0 Å². The van der Waals surface area contributed by atoms with Gasteiger partial charge in [-0.05, 0) is 12.3 Å². The van der Waals surface area contributed by atoms with E-state index in [0.717, 1.165) is 19.3 Å². The fraction of sp³-hybridized carbons (Fsp3) is 0.900. The van der Waals surface area contributed by atoms with Gasteiger partial charge >= 0.3 is 5.97 Å². The molecular formula is C10H20ClNO3. The maximum absolute atomic E-state index is 10.5. The largest absolute Gasteiger partial charge is 0.478 e. The molecule has 4 nitrogen and oxygen atoms in total. The third-order valence-electron chi connectivity index (χ3n) is 3.03. The molecule has 0 radical (unpaired) electrons. The lowest BCUT2D eigenvalue weighted by Gasteiger charge is -2.24. The predicted molar refractivity (Wildman–Crippen MR) is 59.8 cm³/mol. The average molecular weight is 238 g/mol. The maximum Gasteiger partial charge on any atom is 0.350 e. The molecule has 5 heteroatoms. The molecular weight excluding hydrogens is 218 g/mol. The van der Waals surface area contributed by atoms with E-state index in [1.54, 1.807) is 0 Å². The Morgan fingerprint density at radius 1 is 1.33 bits per heavy atom. The molecule has 15 heavy (non-hydrogen) atoms. The molecule has 0 aliphatic heterocycles. The maximum atomic E-state index is 10.5. The smallest absolute Gasteiger partial charge is 0.350 e. The van der Waals surface area contributed by atoms with Crippen LogP contribution in [0.15, 0.2) is 0 Å². The van der Waals surface area contributed by atoms with E-state index in [1.165, 1.54) is 19.3 Å². The van der Waals surface area contributed by atoms with Gasteiger partial charge in [-0.1, -0.05) is 32.1 Å². The van der Waals surface area contributed by atoms with E-state index in [1.807, 2.05) is 0 Å². The minimum atomic E-state index is -2.03. The number of hydrogen-bond acceptors (Lipinski definition) is 3. The van der Waals surface area contributed by atoms with Crippen LogP contribution in [0, 0.1) is 5.92 Å². The fourth-order valence-corrected chi connectivity index (χ4v) is 2.01. The molecule has 1 fully saturated rings. The zero-order valence-corrected chi connectivity index (χ0v) is 9.63. The number of carboxylic acids is 1. The van der Waals surface area contributed by atoms with Crippen LogP contribution in [0.2, 0.25) is 0 Å². The van der Waals surface area contributed by atoms with Crippen molar-refractivity contribution in [1.82, 2.24) is 0 Å². The number of rotatable bonds is 4. The third-order valence-corrected chi connectivity index (χ3v) is 3.03. The number of carboxylic acid groups (broad SMARTS) is 1. The van der Waals surface area contributed by atoms with E-state index in [4.69, 9.17) is 10.8 Å². The van der Waals surface area contributed by atoms with Gasteiger partial charge in [-0.3, -0.25) is 5.73 Å². The molecule has 4 N–H and O–H groups in total. The molecule has 0 saturated heterocycles. The van der Waals surface area contributed by atoms with Crippen molar-refractivity contribution in [2.45, 2.75) is 50.7 Å². The number of carbonyl (C=O) groups is 1. The molecule has 0 aromatic rings. The van der Waals surface area contributed by atoms with Gasteiger partial charge in [0.1, 0.15) is 0 Å². The number of aliphatic hydroxyl groups is 1. The van der Waals surface area contributed by atoms with Crippen molar-refractivity contribution >= 4 is 18.4 Å². The van der Waals surface area contributed by atoms with Gasteiger partial charge in [0, 0.05) is 6.42 Å². The van der Waals surface area contributed by atoms with E-state index in [2.05, 4.69) is 0 Å². The second-order valence-corrected chi connectivity index (χ2v) is 4.27. The SMILES string of the molecule is Cl.N[C@@](O)(CCC1CCCCC1)C(=O)O. The Hall–Kier alpha value is -0.320. The zero-order chi connectivity index (χ0) is 10.6. The lowest BCUT2D eigenvalue weighted by atomic mass is 9.85. The quantitative estimate of drug-likeness (QED) is 0.647. The van der Waals surface area contributed by atoms with Crippen LogP contribution in [0.5, 0.6) is 0 Å². The summed E-state index contributed by atoms with van der Waals surface area (Å²) in [6.45, 7) is 0. The molecule has 0 unspecified atom stereocenters. The lowest BCUT2D eigenvalue weighted by molar-refractivity contribution is -0.159. The van der Waals surface area contributed by atoms with E-state index >= 15 is 0 Å². The molecule has 0 heterocycles. The van der Waals surface area contributed by atoms with Crippen LogP contribution < -0.4 is 5.73 Å². The van der Waals surface area contributed by atoms with Crippen LogP contribution in [0.25, 0.3) is 0 Å². The summed E-state index contributed by atoms with van der Waals surface area (Å²) in [4.78, 5) is 10.5. The summed E-state index contributed by atoms with van der Waals surface area (Å²) in [5.74, 6) is -0.772. The van der Waals surface area contributed by atoms with Crippen LogP contribution in [0.3, 0.4) is 0 Å². The zero-order valence-electron chi connectivity index (χ0n) is 8.82. The highest BCUT2D eigenvalue weighted by Crippen LogP contribution is 2.28. The molecule has 0 spiro atoms. The van der Waals surface area contributed by atoms with Gasteiger partial charge in [-0.15, -0.1) is 12.4 Å². The molecule has 90 valence electrons. The standard InChI is InChI=1S/C10H19NO3.ClH/c11-10(14,9(12)13)7-6-8-4-2-1-3-5-8;/h8,14H,1-7,11H2,(H,12,13);1H/t10-;/m1./s1. The van der Waals surface area contributed by atoms with Crippen molar-refractivity contribution in [3.05, 3.63) is 0 Å². The summed E-state index contributed by atoms with van der Waals surface area (Å²) in [5.41, 5.74) is 3.20. The molecule has 1 aliphatic rings. The number of halogens is 1. The fourth-order valence-electron chi connectivity index (χ4n) is 2.01. The summed E-state index contributed by atoms with van der Waals surface area (Å²) in [7, 11) is 0. The minimum Gasteiger partial charge on any atom is -0.478 e. The Balaban J connectivity index is 0.00000196. The normalized spacial score (nSPS) is 21.5. The number of nitrogens with two attached hydrogens (primary N) is 1. The Morgan fingerprint density at radius 3 is 2.33 bits per heavy atom. The van der Waals surface area contributed by atoms with Crippen LogP contribution in [-0.2, 0) is 4.79 Å². The van der Waals surface area contributed by atoms with Gasteiger partial charge in [0.05, 0.1) is 0 Å². The average Bonchev–Trinajstić information content (AvgIpc) is 2.16. The minimum absolute atomic E-state index is 0. The van der Waals surface area contributed by atoms with Gasteiger partial charge in [-0.25, -0.2) is 4.79 Å². The third kappa shape index (κ3) is 4.82. The first-order chi connectivity index (χ1) is 6.52. The highest BCUT2D eigenvalue weighted by molar-refractivity contribution is 5.85. The van der Waals surface area contributed by atoms with Crippen LogP contribution in [0.4, 0.5) is 0 Å². The van der Waals surface area contributed by atoms with Crippen LogP contribution in [0.1, 0.15) is 44.9 Å². The molecule has 1 aliphatic carbocycles. The molecule has 0 bridgehead atoms. The Bertz CT molecular complexity index is 203. The Labute approximate surface area is 96.3 Å². The molecule has 1 rings (SSSR count). The van der Waals surface area contributed by atoms with E-state index in [0.29, 0.717) is 5.92 Å². The predicted octanol–water partition coefficient (Wildman–Crippen LogP) is 1.50. The van der Waals surface area contributed by atoms with Crippen LogP contribution >= 0.6 is 12.4 Å². The van der Waals surface area contributed by atoms with Crippen molar-refractivity contribution in [3.8, 4) is 0 Å². The summed E-state index contributed by atoms with van der Waals surface area (Å²) in [6, 6.07) is 0. The van der Waals surface area contributed by atoms with E-state index in [9.17, 15) is 9.90 Å². The second-order valence-electron chi connectivity index (χ2n) is 4.27. The Morgan fingerprint density at radius 2 is 1.87 bits per heavy atom. The highest BCUT2D eigenvalue weighted by Gasteiger charge is 2.31. The topological polar surface area (TPSA) is 83.5 Å². The molecule has 1 atom stereocenters. The molecule has 1 saturated carbocycles. The highest BCUT2D eigenvalue weighted by atomic mass is 35.5. The van der Waals surface area contributed by atoms with Gasteiger partial charge in [0.25, 0.3) is 0 Å². The first-order valence-electron chi connectivity index (χ1n) is 5.27. The number of hydrogen-bond donors (Lipinski definition) is 3. The van der Waals surface area contributed by atoms with Gasteiger partial charge in [-0.2, -0.15) is 0 Å². The molecule has 0 amide bonds. The van der Waals surface area contributed by atoms with E-state index in [-0.39, 0.29) is 18.8 Å². The summed E-state index contributed by atoms with van der Waals surface area (Å²) in [5, 5.41) is 17.9. The molecule has 0 aromatic heterocycles.